The number of nitrogens with two attached hydrogens (primary N) is 1. The molecule has 0 fully saturated rings. The molecule has 5 nitrogen and oxygen atoms in total. The van der Waals surface area contributed by atoms with Gasteiger partial charge in [0.15, 0.2) is 0 Å². The van der Waals surface area contributed by atoms with E-state index in [0.717, 1.165) is 16.3 Å². The van der Waals surface area contributed by atoms with Crippen LogP contribution in [0.5, 0.6) is 0 Å². The highest BCUT2D eigenvalue weighted by molar-refractivity contribution is 7.13. The summed E-state index contributed by atoms with van der Waals surface area (Å²) in [6, 6.07) is 16.9. The Balaban J connectivity index is 1.63. The van der Waals surface area contributed by atoms with Crippen LogP contribution in [0.25, 0.3) is 0 Å². The zero-order valence-electron chi connectivity index (χ0n) is 14.4. The maximum absolute atomic E-state index is 12.5. The Morgan fingerprint density at radius 3 is 2.38 bits per heavy atom. The highest BCUT2D eigenvalue weighted by Gasteiger charge is 2.15. The van der Waals surface area contributed by atoms with Gasteiger partial charge in [-0.25, -0.2) is 4.98 Å². The van der Waals surface area contributed by atoms with Crippen LogP contribution in [0.2, 0.25) is 0 Å². The molecule has 0 aliphatic heterocycles. The lowest BCUT2D eigenvalue weighted by atomic mass is 10.1. The minimum atomic E-state index is -0.466. The number of rotatable bonds is 6. The number of nitrogens with one attached hydrogen (secondary N) is 1. The molecule has 132 valence electrons. The number of thiazole rings is 1. The van der Waals surface area contributed by atoms with Crippen molar-refractivity contribution in [2.75, 3.05) is 0 Å². The van der Waals surface area contributed by atoms with Gasteiger partial charge in [-0.1, -0.05) is 42.5 Å². The molecule has 2 amide bonds. The fourth-order valence-electron chi connectivity index (χ4n) is 2.56. The second kappa shape index (κ2) is 7.93. The molecule has 0 radical (unpaired) electrons. The molecule has 0 unspecified atom stereocenters. The van der Waals surface area contributed by atoms with Crippen molar-refractivity contribution in [2.24, 2.45) is 5.73 Å². The number of carbonyl (C=O) groups excluding carboxylic acids is 2. The van der Waals surface area contributed by atoms with Gasteiger partial charge in [0.25, 0.3) is 5.91 Å². The van der Waals surface area contributed by atoms with Gasteiger partial charge in [0.2, 0.25) is 5.91 Å². The maximum Gasteiger partial charge on any atom is 0.263 e. The molecular formula is C20H19N3O2S. The topological polar surface area (TPSA) is 85.1 Å². The molecule has 0 saturated heterocycles. The number of nitrogens with zero attached hydrogens (tertiary/aromatic N) is 1. The van der Waals surface area contributed by atoms with Gasteiger partial charge >= 0.3 is 0 Å². The Morgan fingerprint density at radius 2 is 1.73 bits per heavy atom. The quantitative estimate of drug-likeness (QED) is 0.704. The van der Waals surface area contributed by atoms with E-state index in [-0.39, 0.29) is 5.91 Å². The first kappa shape index (κ1) is 17.8. The van der Waals surface area contributed by atoms with Crippen molar-refractivity contribution in [2.45, 2.75) is 19.9 Å². The van der Waals surface area contributed by atoms with Crippen molar-refractivity contribution >= 4 is 23.2 Å². The van der Waals surface area contributed by atoms with Gasteiger partial charge < -0.3 is 11.1 Å². The molecule has 0 saturated carbocycles. The first-order valence-corrected chi connectivity index (χ1v) is 9.02. The zero-order valence-corrected chi connectivity index (χ0v) is 15.2. The number of aryl methyl sites for hydroxylation is 1. The monoisotopic (exact) mass is 365 g/mol. The highest BCUT2D eigenvalue weighted by atomic mass is 32.1. The second-order valence-electron chi connectivity index (χ2n) is 5.93. The molecule has 0 aliphatic rings. The lowest BCUT2D eigenvalue weighted by Gasteiger charge is -2.05. The van der Waals surface area contributed by atoms with Gasteiger partial charge in [-0.3, -0.25) is 9.59 Å². The molecule has 3 N–H and O–H groups in total. The van der Waals surface area contributed by atoms with Gasteiger partial charge in [0.1, 0.15) is 4.88 Å². The van der Waals surface area contributed by atoms with Gasteiger partial charge in [-0.15, -0.1) is 11.3 Å². The van der Waals surface area contributed by atoms with Crippen molar-refractivity contribution in [3.05, 3.63) is 86.9 Å². The number of hydrogen-bond donors (Lipinski definition) is 2. The van der Waals surface area contributed by atoms with Crippen LogP contribution in [0.3, 0.4) is 0 Å². The molecule has 26 heavy (non-hydrogen) atoms. The summed E-state index contributed by atoms with van der Waals surface area (Å²) in [6.07, 6.45) is 0.716. The summed E-state index contributed by atoms with van der Waals surface area (Å²) in [4.78, 5) is 28.7. The van der Waals surface area contributed by atoms with Crippen molar-refractivity contribution < 1.29 is 9.59 Å². The van der Waals surface area contributed by atoms with Gasteiger partial charge in [-0.05, 0) is 30.2 Å². The summed E-state index contributed by atoms with van der Waals surface area (Å²) in [5, 5.41) is 3.82. The van der Waals surface area contributed by atoms with Gasteiger partial charge in [0.05, 0.1) is 10.7 Å². The average Bonchev–Trinajstić information content (AvgIpc) is 3.01. The molecule has 6 heteroatoms. The van der Waals surface area contributed by atoms with Crippen LogP contribution in [0.4, 0.5) is 0 Å². The number of primary amides is 1. The van der Waals surface area contributed by atoms with Gasteiger partial charge in [-0.2, -0.15) is 0 Å². The summed E-state index contributed by atoms with van der Waals surface area (Å²) in [5.74, 6) is -0.606. The SMILES string of the molecule is Cc1nc(Cc2ccccc2)sc1C(=O)NCc1ccc(C(N)=O)cc1. The molecule has 1 aromatic heterocycles. The van der Waals surface area contributed by atoms with E-state index in [4.69, 9.17) is 5.73 Å². The molecule has 2 aromatic carbocycles. The molecule has 3 aromatic rings. The molecule has 0 bridgehead atoms. The van der Waals surface area contributed by atoms with E-state index in [0.29, 0.717) is 23.4 Å². The summed E-state index contributed by atoms with van der Waals surface area (Å²) in [5.41, 5.74) is 8.48. The van der Waals surface area contributed by atoms with Crippen molar-refractivity contribution in [3.63, 3.8) is 0 Å². The second-order valence-corrected chi connectivity index (χ2v) is 7.01. The van der Waals surface area contributed by atoms with Crippen LogP contribution < -0.4 is 11.1 Å². The van der Waals surface area contributed by atoms with Crippen LogP contribution in [0.1, 0.15) is 41.9 Å². The normalized spacial score (nSPS) is 10.5. The van der Waals surface area contributed by atoms with Crippen molar-refractivity contribution in [1.29, 1.82) is 0 Å². The van der Waals surface area contributed by atoms with E-state index in [1.165, 1.54) is 16.9 Å². The van der Waals surface area contributed by atoms with Crippen LogP contribution in [-0.2, 0) is 13.0 Å². The van der Waals surface area contributed by atoms with Crippen LogP contribution in [-0.4, -0.2) is 16.8 Å². The van der Waals surface area contributed by atoms with E-state index in [9.17, 15) is 9.59 Å². The Bertz CT molecular complexity index is 918. The first-order chi connectivity index (χ1) is 12.5. The minimum absolute atomic E-state index is 0.140. The molecular weight excluding hydrogens is 346 g/mol. The predicted octanol–water partition coefficient (Wildman–Crippen LogP) is 3.07. The molecule has 0 spiro atoms. The average molecular weight is 365 g/mol. The summed E-state index contributed by atoms with van der Waals surface area (Å²) in [7, 11) is 0. The van der Waals surface area contributed by atoms with Crippen LogP contribution in [0.15, 0.2) is 54.6 Å². The van der Waals surface area contributed by atoms with E-state index in [1.807, 2.05) is 37.3 Å². The fraction of sp³-hybridized carbons (Fsp3) is 0.150. The predicted molar refractivity (Wildman–Crippen MR) is 102 cm³/mol. The third-order valence-electron chi connectivity index (χ3n) is 3.94. The third kappa shape index (κ3) is 4.34. The van der Waals surface area contributed by atoms with Crippen LogP contribution in [0, 0.1) is 6.92 Å². The zero-order chi connectivity index (χ0) is 18.5. The smallest absolute Gasteiger partial charge is 0.263 e. The first-order valence-electron chi connectivity index (χ1n) is 8.20. The third-order valence-corrected chi connectivity index (χ3v) is 5.09. The van der Waals surface area contributed by atoms with Crippen molar-refractivity contribution in [3.8, 4) is 0 Å². The number of benzene rings is 2. The van der Waals surface area contributed by atoms with E-state index in [1.54, 1.807) is 24.3 Å². The Hall–Kier alpha value is -2.99. The maximum atomic E-state index is 12.5. The van der Waals surface area contributed by atoms with E-state index in [2.05, 4.69) is 10.3 Å². The van der Waals surface area contributed by atoms with E-state index >= 15 is 0 Å². The lowest BCUT2D eigenvalue weighted by Crippen LogP contribution is -2.22. The standard InChI is InChI=1S/C20H19N3O2S/c1-13-18(26-17(23-13)11-14-5-3-2-4-6-14)20(25)22-12-15-7-9-16(10-8-15)19(21)24/h2-10H,11-12H2,1H3,(H2,21,24)(H,22,25). The highest BCUT2D eigenvalue weighted by Crippen LogP contribution is 2.21. The largest absolute Gasteiger partial charge is 0.366 e. The van der Waals surface area contributed by atoms with Gasteiger partial charge in [0, 0.05) is 18.5 Å². The molecule has 0 atom stereocenters. The summed E-state index contributed by atoms with van der Waals surface area (Å²) >= 11 is 1.42. The lowest BCUT2D eigenvalue weighted by molar-refractivity contribution is 0.0952. The Labute approximate surface area is 155 Å². The van der Waals surface area contributed by atoms with E-state index < -0.39 is 5.91 Å². The van der Waals surface area contributed by atoms with Crippen LogP contribution >= 0.6 is 11.3 Å². The summed E-state index contributed by atoms with van der Waals surface area (Å²) in [6.45, 7) is 2.23. The molecule has 3 rings (SSSR count). The molecule has 1 heterocycles. The fourth-order valence-corrected chi connectivity index (χ4v) is 3.57. The minimum Gasteiger partial charge on any atom is -0.366 e. The summed E-state index contributed by atoms with van der Waals surface area (Å²) < 4.78 is 0. The van der Waals surface area contributed by atoms with Crippen molar-refractivity contribution in [1.82, 2.24) is 10.3 Å². The number of carbonyl (C=O) groups is 2. The number of amides is 2. The molecule has 0 aliphatic carbocycles. The Morgan fingerprint density at radius 1 is 1.04 bits per heavy atom. The number of hydrogen-bond acceptors (Lipinski definition) is 4. The Kier molecular flexibility index (Phi) is 5.43. The number of aromatic nitrogens is 1.